The highest BCUT2D eigenvalue weighted by Crippen LogP contribution is 2.19. The molecule has 0 aliphatic heterocycles. The van der Waals surface area contributed by atoms with Crippen molar-refractivity contribution < 1.29 is 8.78 Å². The van der Waals surface area contributed by atoms with Gasteiger partial charge in [0.15, 0.2) is 0 Å². The lowest BCUT2D eigenvalue weighted by Gasteiger charge is -2.05. The van der Waals surface area contributed by atoms with Gasteiger partial charge in [-0.25, -0.2) is 8.78 Å². The zero-order chi connectivity index (χ0) is 9.02. The second-order valence-electron chi connectivity index (χ2n) is 2.62. The first-order valence-corrected chi connectivity index (χ1v) is 3.36. The van der Waals surface area contributed by atoms with E-state index < -0.39 is 11.7 Å². The van der Waals surface area contributed by atoms with E-state index in [0.29, 0.717) is 5.57 Å². The maximum Gasteiger partial charge on any atom is 0.128 e. The first kappa shape index (κ1) is 10.1. The van der Waals surface area contributed by atoms with Crippen LogP contribution in [-0.4, -0.2) is 0 Å². The lowest BCUT2D eigenvalue weighted by molar-refractivity contribution is 0.595. The predicted molar refractivity (Wildman–Crippen MR) is 43.4 cm³/mol. The molecule has 0 heterocycles. The van der Waals surface area contributed by atoms with Crippen LogP contribution >= 0.6 is 0 Å². The number of halogens is 2. The summed E-state index contributed by atoms with van der Waals surface area (Å²) >= 11 is 0. The molecule has 0 aliphatic carbocycles. The maximum atomic E-state index is 12.8. The molecular formula is C9H12F2. The maximum absolute atomic E-state index is 12.8. The zero-order valence-electron chi connectivity index (χ0n) is 6.82. The van der Waals surface area contributed by atoms with Crippen LogP contribution in [0.5, 0.6) is 0 Å². The van der Waals surface area contributed by atoms with Crippen LogP contribution in [-0.2, 0) is 0 Å². The van der Waals surface area contributed by atoms with Crippen LogP contribution in [0.3, 0.4) is 0 Å². The van der Waals surface area contributed by atoms with Gasteiger partial charge in [0, 0.05) is 6.08 Å². The van der Waals surface area contributed by atoms with Crippen LogP contribution < -0.4 is 0 Å². The number of hydrogen-bond donors (Lipinski definition) is 0. The molecule has 0 aliphatic rings. The van der Waals surface area contributed by atoms with Gasteiger partial charge in [0.25, 0.3) is 0 Å². The van der Waals surface area contributed by atoms with Crippen molar-refractivity contribution in [2.75, 3.05) is 0 Å². The van der Waals surface area contributed by atoms with Crippen LogP contribution in [0.25, 0.3) is 0 Å². The van der Waals surface area contributed by atoms with Crippen molar-refractivity contribution in [3.05, 3.63) is 36.5 Å². The highest BCUT2D eigenvalue weighted by molar-refractivity contribution is 5.28. The van der Waals surface area contributed by atoms with Crippen LogP contribution in [0.4, 0.5) is 8.78 Å². The van der Waals surface area contributed by atoms with E-state index in [1.807, 2.05) is 0 Å². The van der Waals surface area contributed by atoms with Crippen molar-refractivity contribution in [3.8, 4) is 0 Å². The Morgan fingerprint density at radius 1 is 1.27 bits per heavy atom. The molecule has 0 spiro atoms. The normalized spacial score (nSPS) is 11.9. The van der Waals surface area contributed by atoms with Crippen LogP contribution in [0.15, 0.2) is 36.5 Å². The van der Waals surface area contributed by atoms with Gasteiger partial charge in [-0.3, -0.25) is 0 Å². The van der Waals surface area contributed by atoms with Gasteiger partial charge in [-0.15, -0.1) is 0 Å². The molecule has 0 radical (unpaired) electrons. The highest BCUT2D eigenvalue weighted by atomic mass is 19.1. The molecule has 0 fully saturated rings. The lowest BCUT2D eigenvalue weighted by atomic mass is 10.0. The van der Waals surface area contributed by atoms with Crippen molar-refractivity contribution >= 4 is 0 Å². The number of rotatable bonds is 3. The summed E-state index contributed by atoms with van der Waals surface area (Å²) in [6, 6.07) is 0. The van der Waals surface area contributed by atoms with Gasteiger partial charge in [0.2, 0.25) is 0 Å². The molecule has 0 amide bonds. The molecular weight excluding hydrogens is 146 g/mol. The fourth-order valence-corrected chi connectivity index (χ4v) is 0.506. The SMILES string of the molecule is C=C(F)/C=C(/F)C(=C)C(C)C. The molecule has 0 saturated heterocycles. The molecule has 0 saturated carbocycles. The van der Waals surface area contributed by atoms with E-state index in [2.05, 4.69) is 13.2 Å². The first-order valence-electron chi connectivity index (χ1n) is 3.36. The second-order valence-corrected chi connectivity index (χ2v) is 2.62. The molecule has 2 heteroatoms. The minimum atomic E-state index is -0.788. The molecule has 0 aromatic rings. The molecule has 0 aromatic heterocycles. The highest BCUT2D eigenvalue weighted by Gasteiger charge is 2.05. The number of hydrogen-bond acceptors (Lipinski definition) is 0. The van der Waals surface area contributed by atoms with Crippen molar-refractivity contribution in [2.45, 2.75) is 13.8 Å². The monoisotopic (exact) mass is 158 g/mol. The second kappa shape index (κ2) is 4.06. The fraction of sp³-hybridized carbons (Fsp3) is 0.333. The van der Waals surface area contributed by atoms with Crippen molar-refractivity contribution in [1.82, 2.24) is 0 Å². The summed E-state index contributed by atoms with van der Waals surface area (Å²) in [5.74, 6) is -1.43. The summed E-state index contributed by atoms with van der Waals surface area (Å²) in [6.45, 7) is 9.95. The summed E-state index contributed by atoms with van der Waals surface area (Å²) in [5, 5.41) is 0. The van der Waals surface area contributed by atoms with Gasteiger partial charge < -0.3 is 0 Å². The van der Waals surface area contributed by atoms with Crippen LogP contribution in [0.1, 0.15) is 13.8 Å². The number of allylic oxidation sites excluding steroid dienone is 4. The Bertz CT molecular complexity index is 200. The molecule has 0 rings (SSSR count). The van der Waals surface area contributed by atoms with Gasteiger partial charge >= 0.3 is 0 Å². The van der Waals surface area contributed by atoms with Crippen molar-refractivity contribution in [2.24, 2.45) is 5.92 Å². The predicted octanol–water partition coefficient (Wildman–Crippen LogP) is 3.54. The molecule has 0 atom stereocenters. The molecule has 0 bridgehead atoms. The largest absolute Gasteiger partial charge is 0.208 e. The summed E-state index contributed by atoms with van der Waals surface area (Å²) < 4.78 is 24.8. The van der Waals surface area contributed by atoms with Gasteiger partial charge in [-0.2, -0.15) is 0 Å². The molecule has 0 N–H and O–H groups in total. The first-order chi connectivity index (χ1) is 4.95. The third-order valence-electron chi connectivity index (χ3n) is 1.29. The topological polar surface area (TPSA) is 0 Å². The standard InChI is InChI=1S/C9H12F2/c1-6(2)8(4)9(11)5-7(3)10/h5-6H,3-4H2,1-2H3/b9-5+. The minimum absolute atomic E-state index is 0.00870. The van der Waals surface area contributed by atoms with Gasteiger partial charge in [0.05, 0.1) is 0 Å². The van der Waals surface area contributed by atoms with Crippen LogP contribution in [0.2, 0.25) is 0 Å². The Morgan fingerprint density at radius 3 is 2.00 bits per heavy atom. The molecule has 11 heavy (non-hydrogen) atoms. The van der Waals surface area contributed by atoms with E-state index in [0.717, 1.165) is 6.08 Å². The average molecular weight is 158 g/mol. The molecule has 0 unspecified atom stereocenters. The van der Waals surface area contributed by atoms with E-state index in [-0.39, 0.29) is 5.92 Å². The van der Waals surface area contributed by atoms with Gasteiger partial charge in [-0.05, 0) is 11.5 Å². The Morgan fingerprint density at radius 2 is 1.73 bits per heavy atom. The zero-order valence-corrected chi connectivity index (χ0v) is 6.82. The Hall–Kier alpha value is -0.920. The van der Waals surface area contributed by atoms with Crippen molar-refractivity contribution in [1.29, 1.82) is 0 Å². The van der Waals surface area contributed by atoms with Gasteiger partial charge in [-0.1, -0.05) is 27.0 Å². The molecule has 0 aromatic carbocycles. The average Bonchev–Trinajstić information content (AvgIpc) is 1.84. The van der Waals surface area contributed by atoms with Gasteiger partial charge in [0.1, 0.15) is 11.7 Å². The molecule has 62 valence electrons. The van der Waals surface area contributed by atoms with E-state index in [1.54, 1.807) is 13.8 Å². The Kier molecular flexibility index (Phi) is 3.72. The van der Waals surface area contributed by atoms with Crippen LogP contribution in [0, 0.1) is 5.92 Å². The fourth-order valence-electron chi connectivity index (χ4n) is 0.506. The smallest absolute Gasteiger partial charge is 0.128 e. The summed E-state index contributed by atoms with van der Waals surface area (Å²) in [4.78, 5) is 0. The molecule has 0 nitrogen and oxygen atoms in total. The summed E-state index contributed by atoms with van der Waals surface area (Å²) in [5.41, 5.74) is 0.295. The quantitative estimate of drug-likeness (QED) is 0.551. The van der Waals surface area contributed by atoms with Crippen molar-refractivity contribution in [3.63, 3.8) is 0 Å². The van der Waals surface area contributed by atoms with E-state index in [4.69, 9.17) is 0 Å². The summed E-state index contributed by atoms with van der Waals surface area (Å²) in [6.07, 6.45) is 0.738. The minimum Gasteiger partial charge on any atom is -0.208 e. The van der Waals surface area contributed by atoms with E-state index >= 15 is 0 Å². The lowest BCUT2D eigenvalue weighted by Crippen LogP contribution is -1.92. The van der Waals surface area contributed by atoms with E-state index in [1.165, 1.54) is 0 Å². The Balaban J connectivity index is 4.36. The third-order valence-corrected chi connectivity index (χ3v) is 1.29. The summed E-state index contributed by atoms with van der Waals surface area (Å²) in [7, 11) is 0. The third kappa shape index (κ3) is 3.71. The Labute approximate surface area is 65.9 Å². The van der Waals surface area contributed by atoms with E-state index in [9.17, 15) is 8.78 Å².